The molecule has 3 aromatic carbocycles. The van der Waals surface area contributed by atoms with Gasteiger partial charge in [0.25, 0.3) is 0 Å². The summed E-state index contributed by atoms with van der Waals surface area (Å²) in [4.78, 5) is 27.0. The summed E-state index contributed by atoms with van der Waals surface area (Å²) >= 11 is 0. The van der Waals surface area contributed by atoms with E-state index >= 15 is 0 Å². The maximum atomic E-state index is 12.4. The minimum absolute atomic E-state index is 0.0554. The molecule has 41 heavy (non-hydrogen) atoms. The van der Waals surface area contributed by atoms with Gasteiger partial charge in [-0.3, -0.25) is 9.59 Å². The van der Waals surface area contributed by atoms with E-state index in [0.717, 1.165) is 59.9 Å². The van der Waals surface area contributed by atoms with Crippen LogP contribution in [0.2, 0.25) is 0 Å². The lowest BCUT2D eigenvalue weighted by Crippen LogP contribution is -2.13. The molecular weight excluding hydrogens is 510 g/mol. The highest BCUT2D eigenvalue weighted by atomic mass is 16.5. The molecule has 6 heteroatoms. The van der Waals surface area contributed by atoms with Gasteiger partial charge in [-0.15, -0.1) is 0 Å². The third-order valence-corrected chi connectivity index (χ3v) is 7.16. The molecule has 3 rings (SSSR count). The van der Waals surface area contributed by atoms with Gasteiger partial charge in [0.2, 0.25) is 11.8 Å². The fourth-order valence-electron chi connectivity index (χ4n) is 4.79. The lowest BCUT2D eigenvalue weighted by atomic mass is 10.1. The summed E-state index contributed by atoms with van der Waals surface area (Å²) in [5, 5.41) is 6.06. The van der Waals surface area contributed by atoms with E-state index in [2.05, 4.69) is 29.4 Å². The summed E-state index contributed by atoms with van der Waals surface area (Å²) in [6, 6.07) is 23.7. The summed E-state index contributed by atoms with van der Waals surface area (Å²) in [6.07, 6.45) is 12.4. The number of amides is 2. The molecule has 0 unspecified atom stereocenters. The number of carbonyl (C=O) groups is 2. The minimum Gasteiger partial charge on any atom is -0.497 e. The summed E-state index contributed by atoms with van der Waals surface area (Å²) in [5.41, 5.74) is 4.45. The number of hydrogen-bond donors (Lipinski definition) is 2. The Balaban J connectivity index is 1.69. The SMILES string of the molecule is CCCCCCCC(=O)Nc1ccc(N(c2ccc(NC(=O)CCCCCCC)cc2)c2ccc(OC)cc2)cc1. The Hall–Kier alpha value is -3.80. The van der Waals surface area contributed by atoms with E-state index in [1.165, 1.54) is 38.5 Å². The number of hydrogen-bond acceptors (Lipinski definition) is 4. The first-order chi connectivity index (χ1) is 20.0. The van der Waals surface area contributed by atoms with Crippen LogP contribution in [0.5, 0.6) is 5.75 Å². The summed E-state index contributed by atoms with van der Waals surface area (Å²) in [5.74, 6) is 0.897. The van der Waals surface area contributed by atoms with Crippen molar-refractivity contribution in [2.75, 3.05) is 22.6 Å². The van der Waals surface area contributed by atoms with Crippen molar-refractivity contribution >= 4 is 40.3 Å². The van der Waals surface area contributed by atoms with Gasteiger partial charge in [-0.1, -0.05) is 65.2 Å². The highest BCUT2D eigenvalue weighted by Gasteiger charge is 2.14. The van der Waals surface area contributed by atoms with Gasteiger partial charge >= 0.3 is 0 Å². The summed E-state index contributed by atoms with van der Waals surface area (Å²) in [7, 11) is 1.66. The van der Waals surface area contributed by atoms with Gasteiger partial charge in [-0.25, -0.2) is 0 Å². The lowest BCUT2D eigenvalue weighted by molar-refractivity contribution is -0.117. The lowest BCUT2D eigenvalue weighted by Gasteiger charge is -2.26. The second kappa shape index (κ2) is 17.8. The number of anilines is 5. The van der Waals surface area contributed by atoms with Crippen molar-refractivity contribution in [1.29, 1.82) is 0 Å². The number of nitrogens with zero attached hydrogens (tertiary/aromatic N) is 1. The number of carbonyl (C=O) groups excluding carboxylic acids is 2. The van der Waals surface area contributed by atoms with Crippen LogP contribution in [0.3, 0.4) is 0 Å². The second-order valence-electron chi connectivity index (χ2n) is 10.6. The van der Waals surface area contributed by atoms with Crippen molar-refractivity contribution in [3.8, 4) is 5.75 Å². The smallest absolute Gasteiger partial charge is 0.224 e. The van der Waals surface area contributed by atoms with Gasteiger partial charge in [-0.2, -0.15) is 0 Å². The number of methoxy groups -OCH3 is 1. The zero-order chi connectivity index (χ0) is 29.3. The van der Waals surface area contributed by atoms with Crippen LogP contribution in [0, 0.1) is 0 Å². The number of benzene rings is 3. The third kappa shape index (κ3) is 10.9. The number of ether oxygens (including phenoxy) is 1. The van der Waals surface area contributed by atoms with Crippen LogP contribution >= 0.6 is 0 Å². The molecule has 220 valence electrons. The predicted octanol–water partition coefficient (Wildman–Crippen LogP) is 9.76. The molecule has 0 aliphatic heterocycles. The first-order valence-electron chi connectivity index (χ1n) is 15.3. The zero-order valence-corrected chi connectivity index (χ0v) is 25.1. The quantitative estimate of drug-likeness (QED) is 0.153. The van der Waals surface area contributed by atoms with E-state index in [0.29, 0.717) is 12.8 Å². The van der Waals surface area contributed by atoms with E-state index in [1.54, 1.807) is 7.11 Å². The molecule has 0 saturated carbocycles. The van der Waals surface area contributed by atoms with Crippen molar-refractivity contribution < 1.29 is 14.3 Å². The Morgan fingerprint density at radius 3 is 1.29 bits per heavy atom. The molecule has 6 nitrogen and oxygen atoms in total. The van der Waals surface area contributed by atoms with E-state index < -0.39 is 0 Å². The topological polar surface area (TPSA) is 70.7 Å². The largest absolute Gasteiger partial charge is 0.497 e. The standard InChI is InChI=1S/C35H47N3O3/c1-4-6-8-10-12-14-34(39)36-28-16-20-30(21-17-28)38(32-24-26-33(41-3)27-25-32)31-22-18-29(19-23-31)37-35(40)15-13-11-9-7-5-2/h16-27H,4-15H2,1-3H3,(H,36,39)(H,37,40). The summed E-state index contributed by atoms with van der Waals surface area (Å²) < 4.78 is 5.36. The Morgan fingerprint density at radius 2 is 0.927 bits per heavy atom. The van der Waals surface area contributed by atoms with Gasteiger partial charge in [-0.05, 0) is 85.6 Å². The molecular formula is C35H47N3O3. The minimum atomic E-state index is 0.0554. The Kier molecular flexibility index (Phi) is 13.8. The van der Waals surface area contributed by atoms with Crippen LogP contribution in [-0.2, 0) is 9.59 Å². The fourth-order valence-corrected chi connectivity index (χ4v) is 4.79. The second-order valence-corrected chi connectivity index (χ2v) is 10.6. The fraction of sp³-hybridized carbons (Fsp3) is 0.429. The number of rotatable bonds is 18. The normalized spacial score (nSPS) is 10.7. The molecule has 2 amide bonds. The zero-order valence-electron chi connectivity index (χ0n) is 25.1. The molecule has 0 radical (unpaired) electrons. The first kappa shape index (κ1) is 31.7. The monoisotopic (exact) mass is 557 g/mol. The van der Waals surface area contributed by atoms with E-state index in [-0.39, 0.29) is 11.8 Å². The van der Waals surface area contributed by atoms with Gasteiger partial charge in [0, 0.05) is 41.3 Å². The molecule has 0 fully saturated rings. The van der Waals surface area contributed by atoms with Crippen LogP contribution < -0.4 is 20.3 Å². The van der Waals surface area contributed by atoms with Crippen LogP contribution in [0.25, 0.3) is 0 Å². The molecule has 0 aromatic heterocycles. The van der Waals surface area contributed by atoms with E-state index in [9.17, 15) is 9.59 Å². The van der Waals surface area contributed by atoms with Gasteiger partial charge in [0.05, 0.1) is 7.11 Å². The molecule has 2 N–H and O–H groups in total. The van der Waals surface area contributed by atoms with E-state index in [1.807, 2.05) is 72.8 Å². The highest BCUT2D eigenvalue weighted by molar-refractivity contribution is 5.92. The molecule has 3 aromatic rings. The molecule has 0 aliphatic carbocycles. The van der Waals surface area contributed by atoms with Crippen molar-refractivity contribution in [2.45, 2.75) is 90.9 Å². The van der Waals surface area contributed by atoms with Crippen LogP contribution in [0.15, 0.2) is 72.8 Å². The Bertz CT molecular complexity index is 1100. The van der Waals surface area contributed by atoms with Gasteiger partial charge in [0.1, 0.15) is 5.75 Å². The molecule has 0 spiro atoms. The Morgan fingerprint density at radius 1 is 0.561 bits per heavy atom. The van der Waals surface area contributed by atoms with Crippen molar-refractivity contribution in [1.82, 2.24) is 0 Å². The van der Waals surface area contributed by atoms with Crippen LogP contribution in [0.1, 0.15) is 90.9 Å². The van der Waals surface area contributed by atoms with E-state index in [4.69, 9.17) is 4.74 Å². The maximum absolute atomic E-state index is 12.4. The van der Waals surface area contributed by atoms with Crippen molar-refractivity contribution in [3.05, 3.63) is 72.8 Å². The molecule has 0 heterocycles. The average molecular weight is 558 g/mol. The maximum Gasteiger partial charge on any atom is 0.224 e. The highest BCUT2D eigenvalue weighted by Crippen LogP contribution is 2.36. The molecule has 0 atom stereocenters. The molecule has 0 aliphatic rings. The van der Waals surface area contributed by atoms with Crippen LogP contribution in [0.4, 0.5) is 28.4 Å². The predicted molar refractivity (Wildman–Crippen MR) is 172 cm³/mol. The number of unbranched alkanes of at least 4 members (excludes halogenated alkanes) is 8. The van der Waals surface area contributed by atoms with Crippen LogP contribution in [-0.4, -0.2) is 18.9 Å². The molecule has 0 bridgehead atoms. The summed E-state index contributed by atoms with van der Waals surface area (Å²) in [6.45, 7) is 4.39. The first-order valence-corrected chi connectivity index (χ1v) is 15.3. The average Bonchev–Trinajstić information content (AvgIpc) is 2.99. The molecule has 0 saturated heterocycles. The third-order valence-electron chi connectivity index (χ3n) is 7.16. The number of nitrogens with one attached hydrogen (secondary N) is 2. The van der Waals surface area contributed by atoms with Gasteiger partial charge in [0.15, 0.2) is 0 Å². The Labute approximate surface area is 246 Å². The van der Waals surface area contributed by atoms with Crippen molar-refractivity contribution in [2.24, 2.45) is 0 Å². The van der Waals surface area contributed by atoms with Gasteiger partial charge < -0.3 is 20.3 Å². The van der Waals surface area contributed by atoms with Crippen molar-refractivity contribution in [3.63, 3.8) is 0 Å².